The largest absolute Gasteiger partial charge is 0.508 e. The van der Waals surface area contributed by atoms with Crippen molar-refractivity contribution in [3.8, 4) is 11.5 Å². The van der Waals surface area contributed by atoms with Gasteiger partial charge in [-0.25, -0.2) is 0 Å². The quantitative estimate of drug-likeness (QED) is 0.264. The maximum Gasteiger partial charge on any atom is 0.233 e. The normalized spacial score (nSPS) is 15.9. The number of hydrogen-bond acceptors (Lipinski definition) is 5. The molecule has 0 aromatic heterocycles. The highest BCUT2D eigenvalue weighted by molar-refractivity contribution is 6.05. The van der Waals surface area contributed by atoms with Crippen LogP contribution < -0.4 is 0 Å². The van der Waals surface area contributed by atoms with Crippen LogP contribution in [0.1, 0.15) is 18.1 Å². The van der Waals surface area contributed by atoms with Gasteiger partial charge in [-0.05, 0) is 54.3 Å². The highest BCUT2D eigenvalue weighted by Gasteiger charge is 2.33. The highest BCUT2D eigenvalue weighted by atomic mass is 16.3. The van der Waals surface area contributed by atoms with E-state index in [1.165, 1.54) is 12.1 Å². The number of phenolic OH excluding ortho intramolecular Hbond substituents is 2. The van der Waals surface area contributed by atoms with Gasteiger partial charge in [0.05, 0.1) is 5.92 Å². The monoisotopic (exact) mass is 392 g/mol. The number of amides is 1. The lowest BCUT2D eigenvalue weighted by molar-refractivity contribution is -0.137. The zero-order chi connectivity index (χ0) is 21.0. The van der Waals surface area contributed by atoms with Crippen molar-refractivity contribution in [3.05, 3.63) is 71.3 Å². The van der Waals surface area contributed by atoms with Crippen LogP contribution in [0.4, 0.5) is 0 Å². The molecule has 2 aromatic rings. The Morgan fingerprint density at radius 2 is 1.90 bits per heavy atom. The first-order valence-corrected chi connectivity index (χ1v) is 9.53. The van der Waals surface area contributed by atoms with Crippen LogP contribution >= 0.6 is 0 Å². The summed E-state index contributed by atoms with van der Waals surface area (Å²) in [6.45, 7) is 2.70. The third-order valence-corrected chi connectivity index (χ3v) is 5.08. The molecule has 0 heterocycles. The Hall–Kier alpha value is -3.41. The number of hydrogen-bond donors (Lipinski definition) is 3. The number of allylic oxidation sites excluding steroid dienone is 1. The first-order valence-electron chi connectivity index (χ1n) is 9.53. The molecule has 3 rings (SSSR count). The van der Waals surface area contributed by atoms with Crippen molar-refractivity contribution in [1.82, 2.24) is 4.90 Å². The smallest absolute Gasteiger partial charge is 0.233 e. The van der Waals surface area contributed by atoms with Gasteiger partial charge in [-0.15, -0.1) is 0 Å². The topological polar surface area (TPSA) is 102 Å². The number of carbonyl (C=O) groups excluding carboxylic acids is 2. The van der Waals surface area contributed by atoms with Crippen LogP contribution in [0.15, 0.2) is 60.2 Å². The number of aromatic hydroxyl groups is 2. The van der Waals surface area contributed by atoms with Crippen molar-refractivity contribution in [3.63, 3.8) is 0 Å². The predicted octanol–water partition coefficient (Wildman–Crippen LogP) is 2.93. The van der Waals surface area contributed by atoms with Crippen LogP contribution in [0.5, 0.6) is 11.5 Å². The van der Waals surface area contributed by atoms with Crippen LogP contribution in [0.25, 0.3) is 0 Å². The molecule has 1 aliphatic carbocycles. The molecule has 0 aliphatic heterocycles. The Kier molecular flexibility index (Phi) is 6.12. The third kappa shape index (κ3) is 4.90. The lowest BCUT2D eigenvalue weighted by atomic mass is 9.98. The molecule has 0 spiro atoms. The summed E-state index contributed by atoms with van der Waals surface area (Å²) in [6, 6.07) is 13.0. The standard InChI is InChI=1S/C23H24N2O4/c1-2-25(23(29)18(14-26)10-15-6-8-19(27)9-7-15)13-17-12-21(17)22(24)16-4-3-5-20(28)11-16/h3-9,11-12,14,18,21,24,27-28H,2,10,13H2,1H3. The zero-order valence-corrected chi connectivity index (χ0v) is 16.2. The number of likely N-dealkylation sites (N-methyl/N-ethyl adjacent to an activating group) is 1. The van der Waals surface area contributed by atoms with Gasteiger partial charge in [0, 0.05) is 24.7 Å². The van der Waals surface area contributed by atoms with Crippen molar-refractivity contribution >= 4 is 17.9 Å². The van der Waals surface area contributed by atoms with Crippen molar-refractivity contribution < 1.29 is 19.8 Å². The Morgan fingerprint density at radius 3 is 2.52 bits per heavy atom. The third-order valence-electron chi connectivity index (χ3n) is 5.08. The van der Waals surface area contributed by atoms with E-state index in [0.717, 1.165) is 11.1 Å². The zero-order valence-electron chi connectivity index (χ0n) is 16.2. The van der Waals surface area contributed by atoms with E-state index in [2.05, 4.69) is 0 Å². The number of nitrogens with zero attached hydrogens (tertiary/aromatic N) is 1. The Labute approximate surface area is 169 Å². The lowest BCUT2D eigenvalue weighted by Gasteiger charge is -2.23. The summed E-state index contributed by atoms with van der Waals surface area (Å²) in [5.74, 6) is -0.930. The van der Waals surface area contributed by atoms with Gasteiger partial charge >= 0.3 is 0 Å². The summed E-state index contributed by atoms with van der Waals surface area (Å²) in [6.07, 6.45) is 2.88. The molecule has 0 bridgehead atoms. The fourth-order valence-corrected chi connectivity index (χ4v) is 3.32. The molecule has 0 fully saturated rings. The van der Waals surface area contributed by atoms with E-state index in [-0.39, 0.29) is 29.7 Å². The average molecular weight is 392 g/mol. The molecule has 150 valence electrons. The van der Waals surface area contributed by atoms with E-state index < -0.39 is 5.92 Å². The fourth-order valence-electron chi connectivity index (χ4n) is 3.32. The maximum atomic E-state index is 12.9. The number of rotatable bonds is 9. The minimum Gasteiger partial charge on any atom is -0.508 e. The molecule has 0 radical (unpaired) electrons. The van der Waals surface area contributed by atoms with E-state index in [0.29, 0.717) is 30.7 Å². The van der Waals surface area contributed by atoms with Crippen molar-refractivity contribution in [1.29, 1.82) is 5.41 Å². The van der Waals surface area contributed by atoms with Crippen LogP contribution in [-0.4, -0.2) is 46.1 Å². The van der Waals surface area contributed by atoms with Crippen LogP contribution in [-0.2, 0) is 16.0 Å². The van der Waals surface area contributed by atoms with E-state index in [4.69, 9.17) is 5.41 Å². The summed E-state index contributed by atoms with van der Waals surface area (Å²) < 4.78 is 0. The van der Waals surface area contributed by atoms with Gasteiger partial charge < -0.3 is 25.3 Å². The number of nitrogens with one attached hydrogen (secondary N) is 1. The number of benzene rings is 2. The second-order valence-electron chi connectivity index (χ2n) is 7.15. The summed E-state index contributed by atoms with van der Waals surface area (Å²) in [5.41, 5.74) is 2.80. The summed E-state index contributed by atoms with van der Waals surface area (Å²) >= 11 is 0. The van der Waals surface area contributed by atoms with Gasteiger partial charge in [0.15, 0.2) is 0 Å². The average Bonchev–Trinajstić information content (AvgIpc) is 3.49. The Morgan fingerprint density at radius 1 is 1.17 bits per heavy atom. The first kappa shape index (κ1) is 20.3. The number of aldehydes is 1. The molecule has 1 aliphatic rings. The van der Waals surface area contributed by atoms with E-state index in [9.17, 15) is 19.8 Å². The summed E-state index contributed by atoms with van der Waals surface area (Å²) in [4.78, 5) is 26.0. The molecule has 6 heteroatoms. The van der Waals surface area contributed by atoms with Gasteiger partial charge in [-0.2, -0.15) is 0 Å². The van der Waals surface area contributed by atoms with Crippen LogP contribution in [0.2, 0.25) is 0 Å². The van der Waals surface area contributed by atoms with Gasteiger partial charge in [-0.3, -0.25) is 4.79 Å². The van der Waals surface area contributed by atoms with Gasteiger partial charge in [0.2, 0.25) is 5.91 Å². The molecular formula is C23H24N2O4. The number of carbonyl (C=O) groups is 2. The molecule has 0 saturated carbocycles. The van der Waals surface area contributed by atoms with E-state index in [1.54, 1.807) is 41.3 Å². The Balaban J connectivity index is 1.61. The number of phenols is 2. The molecule has 0 saturated heterocycles. The molecule has 2 unspecified atom stereocenters. The minimum atomic E-state index is -0.789. The fraction of sp³-hybridized carbons (Fsp3) is 0.261. The predicted molar refractivity (Wildman–Crippen MR) is 110 cm³/mol. The second kappa shape index (κ2) is 8.73. The first-order chi connectivity index (χ1) is 13.9. The lowest BCUT2D eigenvalue weighted by Crippen LogP contribution is -2.38. The van der Waals surface area contributed by atoms with E-state index in [1.807, 2.05) is 13.0 Å². The van der Waals surface area contributed by atoms with Gasteiger partial charge in [-0.1, -0.05) is 30.3 Å². The van der Waals surface area contributed by atoms with Crippen molar-refractivity contribution in [2.24, 2.45) is 11.8 Å². The Bertz CT molecular complexity index is 950. The molecule has 2 aromatic carbocycles. The van der Waals surface area contributed by atoms with Gasteiger partial charge in [0.1, 0.15) is 17.8 Å². The van der Waals surface area contributed by atoms with Crippen LogP contribution in [0, 0.1) is 17.2 Å². The molecule has 1 amide bonds. The molecular weight excluding hydrogens is 368 g/mol. The summed E-state index contributed by atoms with van der Waals surface area (Å²) in [7, 11) is 0. The van der Waals surface area contributed by atoms with Crippen molar-refractivity contribution in [2.75, 3.05) is 13.1 Å². The minimum absolute atomic E-state index is 0.114. The van der Waals surface area contributed by atoms with Crippen molar-refractivity contribution in [2.45, 2.75) is 13.3 Å². The molecule has 29 heavy (non-hydrogen) atoms. The maximum absolute atomic E-state index is 12.9. The highest BCUT2D eigenvalue weighted by Crippen LogP contribution is 2.33. The van der Waals surface area contributed by atoms with Gasteiger partial charge in [0.25, 0.3) is 0 Å². The summed E-state index contributed by atoms with van der Waals surface area (Å²) in [5, 5.41) is 27.3. The van der Waals surface area contributed by atoms with Crippen LogP contribution in [0.3, 0.4) is 0 Å². The molecule has 2 atom stereocenters. The second-order valence-corrected chi connectivity index (χ2v) is 7.15. The van der Waals surface area contributed by atoms with E-state index >= 15 is 0 Å². The molecule has 3 N–H and O–H groups in total. The SMILES string of the molecule is CCN(CC1=CC1C(=N)c1cccc(O)c1)C(=O)C(C=O)Cc1ccc(O)cc1. The molecule has 6 nitrogen and oxygen atoms in total.